The minimum atomic E-state index is -0.393. The molecule has 6 N–H and O–H groups in total. The van der Waals surface area contributed by atoms with E-state index in [0.29, 0.717) is 5.82 Å². The first-order chi connectivity index (χ1) is 15.3. The van der Waals surface area contributed by atoms with Gasteiger partial charge in [0.25, 0.3) is 5.91 Å². The van der Waals surface area contributed by atoms with Crippen LogP contribution in [0.25, 0.3) is 10.9 Å². The van der Waals surface area contributed by atoms with Crippen molar-refractivity contribution in [3.05, 3.63) is 29.6 Å². The quantitative estimate of drug-likeness (QED) is 0.388. The van der Waals surface area contributed by atoms with Gasteiger partial charge in [-0.05, 0) is 57.6 Å². The van der Waals surface area contributed by atoms with Crippen LogP contribution in [0.4, 0.5) is 5.82 Å². The lowest BCUT2D eigenvalue weighted by molar-refractivity contribution is 0.0881. The number of nitrogens with two attached hydrogens (primary N) is 2. The number of aliphatic imine (C=N–C) groups is 1. The minimum Gasteiger partial charge on any atom is -0.370 e. The van der Waals surface area contributed by atoms with E-state index in [1.165, 1.54) is 0 Å². The highest BCUT2D eigenvalue weighted by Gasteiger charge is 2.30. The van der Waals surface area contributed by atoms with Crippen molar-refractivity contribution < 1.29 is 4.79 Å². The largest absolute Gasteiger partial charge is 0.370 e. The standard InChI is InChI=1S/C25H39N7O/c1-15-11-12-17-16(13-15)20(29-18-9-7-8-10-19(18)30-23(26)27)31-21(28-17)22(33)32-25(5,6)14-24(2,3)4/h11-13,18-19H,7-10,14H2,1-6H3,(H,32,33)(H4,26,27,30)(H,28,29,31)/t18-,19+/m0/s1. The summed E-state index contributed by atoms with van der Waals surface area (Å²) in [4.78, 5) is 26.9. The topological polar surface area (TPSA) is 131 Å². The lowest BCUT2D eigenvalue weighted by atomic mass is 9.82. The van der Waals surface area contributed by atoms with Crippen LogP contribution in [0.1, 0.15) is 82.9 Å². The first-order valence-electron chi connectivity index (χ1n) is 11.8. The fourth-order valence-corrected chi connectivity index (χ4v) is 4.99. The molecule has 8 nitrogen and oxygen atoms in total. The molecule has 0 bridgehead atoms. The van der Waals surface area contributed by atoms with Crippen LogP contribution in [0.15, 0.2) is 23.2 Å². The van der Waals surface area contributed by atoms with Crippen LogP contribution in [-0.4, -0.2) is 39.5 Å². The summed E-state index contributed by atoms with van der Waals surface area (Å²) in [5, 5.41) is 7.56. The van der Waals surface area contributed by atoms with Gasteiger partial charge in [-0.1, -0.05) is 45.2 Å². The van der Waals surface area contributed by atoms with Crippen LogP contribution < -0.4 is 22.1 Å². The number of aromatic nitrogens is 2. The van der Waals surface area contributed by atoms with Crippen molar-refractivity contribution in [2.45, 2.75) is 91.3 Å². The van der Waals surface area contributed by atoms with E-state index in [-0.39, 0.29) is 35.2 Å². The SMILES string of the molecule is Cc1ccc2nc(C(=O)NC(C)(C)CC(C)(C)C)nc(N[C@H]3CCCC[C@H]3N=C(N)N)c2c1. The molecule has 1 aliphatic carbocycles. The summed E-state index contributed by atoms with van der Waals surface area (Å²) in [6, 6.07) is 5.98. The number of rotatable bonds is 6. The molecular weight excluding hydrogens is 414 g/mol. The number of nitrogens with zero attached hydrogens (tertiary/aromatic N) is 3. The molecule has 3 rings (SSSR count). The number of guanidine groups is 1. The van der Waals surface area contributed by atoms with Crippen LogP contribution >= 0.6 is 0 Å². The number of benzene rings is 1. The number of hydrogen-bond donors (Lipinski definition) is 4. The molecule has 33 heavy (non-hydrogen) atoms. The van der Waals surface area contributed by atoms with E-state index >= 15 is 0 Å². The van der Waals surface area contributed by atoms with Crippen LogP contribution in [-0.2, 0) is 0 Å². The highest BCUT2D eigenvalue weighted by Crippen LogP contribution is 2.29. The van der Waals surface area contributed by atoms with Gasteiger partial charge in [0, 0.05) is 10.9 Å². The molecule has 1 heterocycles. The van der Waals surface area contributed by atoms with E-state index in [1.807, 2.05) is 39.0 Å². The maximum Gasteiger partial charge on any atom is 0.289 e. The van der Waals surface area contributed by atoms with Gasteiger partial charge in [0.1, 0.15) is 5.82 Å². The van der Waals surface area contributed by atoms with E-state index in [0.717, 1.165) is 48.6 Å². The zero-order valence-corrected chi connectivity index (χ0v) is 20.8. The smallest absolute Gasteiger partial charge is 0.289 e. The van der Waals surface area contributed by atoms with Crippen LogP contribution in [0.5, 0.6) is 0 Å². The Morgan fingerprint density at radius 1 is 1.12 bits per heavy atom. The van der Waals surface area contributed by atoms with Crippen molar-refractivity contribution in [1.82, 2.24) is 15.3 Å². The third-order valence-corrected chi connectivity index (χ3v) is 5.85. The molecule has 2 aromatic rings. The summed E-state index contributed by atoms with van der Waals surface area (Å²) in [6.07, 6.45) is 4.83. The second-order valence-corrected chi connectivity index (χ2v) is 11.1. The van der Waals surface area contributed by atoms with Gasteiger partial charge in [0.2, 0.25) is 5.82 Å². The zero-order chi connectivity index (χ0) is 24.4. The molecule has 180 valence electrons. The third kappa shape index (κ3) is 6.79. The Kier molecular flexibility index (Phi) is 7.14. The Hall–Kier alpha value is -2.90. The highest BCUT2D eigenvalue weighted by molar-refractivity contribution is 5.97. The number of aryl methyl sites for hydroxylation is 1. The summed E-state index contributed by atoms with van der Waals surface area (Å²) in [7, 11) is 0. The van der Waals surface area contributed by atoms with Crippen LogP contribution in [0.2, 0.25) is 0 Å². The van der Waals surface area contributed by atoms with Gasteiger partial charge >= 0.3 is 0 Å². The molecule has 1 aliphatic rings. The molecule has 2 atom stereocenters. The number of fused-ring (bicyclic) bond motifs is 1. The number of amides is 1. The fourth-order valence-electron chi connectivity index (χ4n) is 4.99. The van der Waals surface area contributed by atoms with E-state index in [4.69, 9.17) is 11.5 Å². The molecule has 1 aromatic carbocycles. The fraction of sp³-hybridized carbons (Fsp3) is 0.600. The first kappa shape index (κ1) is 24.7. The maximum atomic E-state index is 13.2. The number of anilines is 1. The Morgan fingerprint density at radius 2 is 1.82 bits per heavy atom. The molecule has 1 saturated carbocycles. The van der Waals surface area contributed by atoms with E-state index in [2.05, 4.69) is 46.4 Å². The monoisotopic (exact) mass is 453 g/mol. The molecule has 0 radical (unpaired) electrons. The predicted octanol–water partition coefficient (Wildman–Crippen LogP) is 3.88. The van der Waals surface area contributed by atoms with Crippen molar-refractivity contribution in [2.24, 2.45) is 21.9 Å². The highest BCUT2D eigenvalue weighted by atomic mass is 16.2. The van der Waals surface area contributed by atoms with E-state index in [1.54, 1.807) is 0 Å². The first-order valence-corrected chi connectivity index (χ1v) is 11.8. The van der Waals surface area contributed by atoms with E-state index in [9.17, 15) is 4.79 Å². The van der Waals surface area contributed by atoms with Gasteiger partial charge in [-0.25, -0.2) is 15.0 Å². The second-order valence-electron chi connectivity index (χ2n) is 11.1. The van der Waals surface area contributed by atoms with Gasteiger partial charge in [-0.2, -0.15) is 0 Å². The number of hydrogen-bond acceptors (Lipinski definition) is 5. The van der Waals surface area contributed by atoms with Crippen LogP contribution in [0.3, 0.4) is 0 Å². The zero-order valence-electron chi connectivity index (χ0n) is 20.8. The number of carbonyl (C=O) groups is 1. The molecular formula is C25H39N7O. The van der Waals surface area contributed by atoms with Crippen molar-refractivity contribution in [2.75, 3.05) is 5.32 Å². The molecule has 0 unspecified atom stereocenters. The third-order valence-electron chi connectivity index (χ3n) is 5.85. The molecule has 1 amide bonds. The van der Waals surface area contributed by atoms with Crippen molar-refractivity contribution in [3.63, 3.8) is 0 Å². The van der Waals surface area contributed by atoms with Crippen LogP contribution in [0, 0.1) is 12.3 Å². The average Bonchev–Trinajstić information content (AvgIpc) is 2.67. The average molecular weight is 454 g/mol. The molecule has 0 spiro atoms. The Balaban J connectivity index is 1.96. The molecule has 1 aromatic heterocycles. The Labute approximate surface area is 197 Å². The Bertz CT molecular complexity index is 1030. The summed E-state index contributed by atoms with van der Waals surface area (Å²) in [5.74, 6) is 0.618. The van der Waals surface area contributed by atoms with Gasteiger partial charge in [0.05, 0.1) is 17.6 Å². The van der Waals surface area contributed by atoms with Gasteiger partial charge in [-0.3, -0.25) is 4.79 Å². The molecule has 1 fully saturated rings. The number of nitrogens with one attached hydrogen (secondary N) is 2. The molecule has 0 saturated heterocycles. The summed E-state index contributed by atoms with van der Waals surface area (Å²) < 4.78 is 0. The Morgan fingerprint density at radius 3 is 2.48 bits per heavy atom. The van der Waals surface area contributed by atoms with Gasteiger partial charge in [-0.15, -0.1) is 0 Å². The summed E-state index contributed by atoms with van der Waals surface area (Å²) in [5.41, 5.74) is 12.9. The van der Waals surface area contributed by atoms with Gasteiger partial charge in [0.15, 0.2) is 5.96 Å². The maximum absolute atomic E-state index is 13.2. The summed E-state index contributed by atoms with van der Waals surface area (Å²) in [6.45, 7) is 12.6. The van der Waals surface area contributed by atoms with E-state index < -0.39 is 5.54 Å². The van der Waals surface area contributed by atoms with Crippen molar-refractivity contribution >= 4 is 28.6 Å². The molecule has 8 heteroatoms. The van der Waals surface area contributed by atoms with Crippen molar-refractivity contribution in [3.8, 4) is 0 Å². The normalized spacial score (nSPS) is 19.2. The van der Waals surface area contributed by atoms with Crippen molar-refractivity contribution in [1.29, 1.82) is 0 Å². The summed E-state index contributed by atoms with van der Waals surface area (Å²) >= 11 is 0. The second kappa shape index (κ2) is 9.53. The number of carbonyl (C=O) groups excluding carboxylic acids is 1. The minimum absolute atomic E-state index is 0.0263. The lowest BCUT2D eigenvalue weighted by Gasteiger charge is -2.33. The van der Waals surface area contributed by atoms with Gasteiger partial charge < -0.3 is 22.1 Å². The predicted molar refractivity (Wildman–Crippen MR) is 135 cm³/mol. The lowest BCUT2D eigenvalue weighted by Crippen LogP contribution is -2.46. The molecule has 0 aliphatic heterocycles.